The highest BCUT2D eigenvalue weighted by Crippen LogP contribution is 2.23. The smallest absolute Gasteiger partial charge is 0.255 e. The fraction of sp³-hybridized carbons (Fsp3) is 0.333. The van der Waals surface area contributed by atoms with Gasteiger partial charge in [-0.1, -0.05) is 24.3 Å². The number of hydrogen-bond donors (Lipinski definition) is 1. The summed E-state index contributed by atoms with van der Waals surface area (Å²) in [5.74, 6) is -0.232. The van der Waals surface area contributed by atoms with E-state index in [1.54, 1.807) is 30.3 Å². The highest BCUT2D eigenvalue weighted by atomic mass is 16.5. The Morgan fingerprint density at radius 3 is 2.62 bits per heavy atom. The van der Waals surface area contributed by atoms with Crippen LogP contribution in [0.2, 0.25) is 0 Å². The monoisotopic (exact) mass is 352 g/mol. The molecule has 2 aromatic carbocycles. The summed E-state index contributed by atoms with van der Waals surface area (Å²) in [6.45, 7) is 7.50. The summed E-state index contributed by atoms with van der Waals surface area (Å²) in [7, 11) is 0. The number of anilines is 1. The van der Waals surface area contributed by atoms with Crippen molar-refractivity contribution in [1.29, 1.82) is 0 Å². The maximum atomic E-state index is 12.9. The van der Waals surface area contributed by atoms with Gasteiger partial charge in [-0.15, -0.1) is 0 Å². The van der Waals surface area contributed by atoms with E-state index in [-0.39, 0.29) is 17.4 Å². The molecule has 0 bridgehead atoms. The fourth-order valence-electron chi connectivity index (χ4n) is 3.15. The Kier molecular flexibility index (Phi) is 5.09. The molecular formula is C21H24N2O3. The van der Waals surface area contributed by atoms with Gasteiger partial charge in [0.1, 0.15) is 0 Å². The predicted molar refractivity (Wildman–Crippen MR) is 102 cm³/mol. The first-order valence-corrected chi connectivity index (χ1v) is 8.75. The normalized spacial score (nSPS) is 16.2. The Hall–Kier alpha value is -2.66. The fourth-order valence-corrected chi connectivity index (χ4v) is 3.15. The van der Waals surface area contributed by atoms with Crippen molar-refractivity contribution in [3.8, 4) is 0 Å². The van der Waals surface area contributed by atoms with Crippen LogP contribution in [0.3, 0.4) is 0 Å². The lowest BCUT2D eigenvalue weighted by Gasteiger charge is -2.42. The Labute approximate surface area is 154 Å². The molecule has 5 heteroatoms. The number of amides is 2. The molecule has 136 valence electrons. The third-order valence-electron chi connectivity index (χ3n) is 4.65. The van der Waals surface area contributed by atoms with Crippen LogP contribution in [0.4, 0.5) is 5.69 Å². The van der Waals surface area contributed by atoms with Crippen LogP contribution in [0.25, 0.3) is 0 Å². The molecule has 5 nitrogen and oxygen atoms in total. The van der Waals surface area contributed by atoms with Gasteiger partial charge in [-0.2, -0.15) is 0 Å². The lowest BCUT2D eigenvalue weighted by atomic mass is 10.0. The summed E-state index contributed by atoms with van der Waals surface area (Å²) >= 11 is 0. The minimum Gasteiger partial charge on any atom is -0.377 e. The Bertz CT molecular complexity index is 830. The summed E-state index contributed by atoms with van der Waals surface area (Å²) in [4.78, 5) is 27.3. The topological polar surface area (TPSA) is 58.6 Å². The van der Waals surface area contributed by atoms with Crippen LogP contribution in [0, 0.1) is 6.92 Å². The van der Waals surface area contributed by atoms with Gasteiger partial charge in [-0.05, 0) is 50.6 Å². The number of aryl methyl sites for hydroxylation is 1. The van der Waals surface area contributed by atoms with E-state index in [4.69, 9.17) is 4.74 Å². The molecule has 0 saturated carbocycles. The maximum absolute atomic E-state index is 12.9. The molecule has 1 saturated heterocycles. The van der Waals surface area contributed by atoms with Gasteiger partial charge in [0.25, 0.3) is 11.8 Å². The molecule has 0 atom stereocenters. The van der Waals surface area contributed by atoms with Crippen molar-refractivity contribution in [2.24, 2.45) is 0 Å². The molecule has 1 N–H and O–H groups in total. The summed E-state index contributed by atoms with van der Waals surface area (Å²) < 4.78 is 5.49. The van der Waals surface area contributed by atoms with Crippen LogP contribution in [0.5, 0.6) is 0 Å². The third kappa shape index (κ3) is 3.78. The number of benzene rings is 2. The maximum Gasteiger partial charge on any atom is 0.255 e. The van der Waals surface area contributed by atoms with Gasteiger partial charge < -0.3 is 15.0 Å². The van der Waals surface area contributed by atoms with Crippen molar-refractivity contribution in [1.82, 2.24) is 4.90 Å². The molecule has 1 aliphatic rings. The van der Waals surface area contributed by atoms with E-state index in [0.717, 1.165) is 5.56 Å². The Morgan fingerprint density at radius 1 is 1.12 bits per heavy atom. The van der Waals surface area contributed by atoms with Gasteiger partial charge in [0.05, 0.1) is 18.8 Å². The number of nitrogens with one attached hydrogen (secondary N) is 1. The predicted octanol–water partition coefficient (Wildman–Crippen LogP) is 3.50. The molecule has 0 radical (unpaired) electrons. The molecule has 1 aliphatic heterocycles. The molecule has 1 fully saturated rings. The van der Waals surface area contributed by atoms with Crippen LogP contribution < -0.4 is 5.32 Å². The van der Waals surface area contributed by atoms with Crippen LogP contribution in [-0.2, 0) is 4.74 Å². The lowest BCUT2D eigenvalue weighted by molar-refractivity contribution is -0.0370. The molecule has 0 aromatic heterocycles. The Morgan fingerprint density at radius 2 is 1.88 bits per heavy atom. The van der Waals surface area contributed by atoms with E-state index >= 15 is 0 Å². The van der Waals surface area contributed by atoms with E-state index in [2.05, 4.69) is 5.32 Å². The first-order chi connectivity index (χ1) is 12.4. The van der Waals surface area contributed by atoms with Gasteiger partial charge in [0.2, 0.25) is 0 Å². The van der Waals surface area contributed by atoms with Crippen LogP contribution in [0.15, 0.2) is 48.5 Å². The molecule has 0 aliphatic carbocycles. The second-order valence-electron chi connectivity index (χ2n) is 7.17. The number of ether oxygens (including phenoxy) is 1. The van der Waals surface area contributed by atoms with Gasteiger partial charge in [0, 0.05) is 23.4 Å². The molecule has 1 heterocycles. The van der Waals surface area contributed by atoms with Crippen molar-refractivity contribution in [3.05, 3.63) is 65.2 Å². The molecule has 2 amide bonds. The number of morpholine rings is 1. The van der Waals surface area contributed by atoms with E-state index in [0.29, 0.717) is 36.6 Å². The molecule has 26 heavy (non-hydrogen) atoms. The summed E-state index contributed by atoms with van der Waals surface area (Å²) in [5.41, 5.74) is 2.35. The van der Waals surface area contributed by atoms with Crippen molar-refractivity contribution in [2.45, 2.75) is 26.3 Å². The quantitative estimate of drug-likeness (QED) is 0.920. The van der Waals surface area contributed by atoms with Crippen LogP contribution >= 0.6 is 0 Å². The van der Waals surface area contributed by atoms with E-state index in [1.807, 2.05) is 43.9 Å². The van der Waals surface area contributed by atoms with Crippen molar-refractivity contribution < 1.29 is 14.3 Å². The molecule has 0 spiro atoms. The SMILES string of the molecule is Cc1ccccc1C(=O)Nc1cccc(C(=O)N2CCOCC2(C)C)c1. The zero-order chi connectivity index (χ0) is 18.7. The number of nitrogens with zero attached hydrogens (tertiary/aromatic N) is 1. The average Bonchev–Trinajstić information content (AvgIpc) is 2.61. The van der Waals surface area contributed by atoms with Gasteiger partial charge in [-0.3, -0.25) is 9.59 Å². The first-order valence-electron chi connectivity index (χ1n) is 8.75. The third-order valence-corrected chi connectivity index (χ3v) is 4.65. The zero-order valence-electron chi connectivity index (χ0n) is 15.4. The van der Waals surface area contributed by atoms with Crippen LogP contribution in [-0.4, -0.2) is 42.0 Å². The largest absolute Gasteiger partial charge is 0.377 e. The number of carbonyl (C=O) groups is 2. The minimum atomic E-state index is -0.351. The molecule has 0 unspecified atom stereocenters. The molecule has 2 aromatic rings. The number of carbonyl (C=O) groups excluding carboxylic acids is 2. The second-order valence-corrected chi connectivity index (χ2v) is 7.17. The minimum absolute atomic E-state index is 0.0507. The summed E-state index contributed by atoms with van der Waals surface area (Å²) in [6, 6.07) is 14.5. The number of rotatable bonds is 3. The highest BCUT2D eigenvalue weighted by molar-refractivity contribution is 6.06. The number of hydrogen-bond acceptors (Lipinski definition) is 3. The summed E-state index contributed by atoms with van der Waals surface area (Å²) in [5, 5.41) is 2.88. The van der Waals surface area contributed by atoms with Crippen molar-refractivity contribution >= 4 is 17.5 Å². The van der Waals surface area contributed by atoms with Gasteiger partial charge in [-0.25, -0.2) is 0 Å². The molecule has 3 rings (SSSR count). The van der Waals surface area contributed by atoms with Crippen molar-refractivity contribution in [2.75, 3.05) is 25.1 Å². The van der Waals surface area contributed by atoms with E-state index in [1.165, 1.54) is 0 Å². The standard InChI is InChI=1S/C21H24N2O3/c1-15-7-4-5-10-18(15)19(24)22-17-9-6-8-16(13-17)20(25)23-11-12-26-14-21(23,2)3/h4-10,13H,11-12,14H2,1-3H3,(H,22,24). The van der Waals surface area contributed by atoms with Gasteiger partial charge in [0.15, 0.2) is 0 Å². The van der Waals surface area contributed by atoms with Crippen molar-refractivity contribution in [3.63, 3.8) is 0 Å². The molecular weight excluding hydrogens is 328 g/mol. The lowest BCUT2D eigenvalue weighted by Crippen LogP contribution is -2.55. The average molecular weight is 352 g/mol. The van der Waals surface area contributed by atoms with Gasteiger partial charge >= 0.3 is 0 Å². The van der Waals surface area contributed by atoms with E-state index < -0.39 is 0 Å². The second kappa shape index (κ2) is 7.30. The highest BCUT2D eigenvalue weighted by Gasteiger charge is 2.34. The van der Waals surface area contributed by atoms with Crippen LogP contribution in [0.1, 0.15) is 40.1 Å². The first kappa shape index (κ1) is 18.1. The summed E-state index contributed by atoms with van der Waals surface area (Å²) in [6.07, 6.45) is 0. The van der Waals surface area contributed by atoms with E-state index in [9.17, 15) is 9.59 Å². The Balaban J connectivity index is 1.79. The zero-order valence-corrected chi connectivity index (χ0v) is 15.4.